The fourth-order valence-electron chi connectivity index (χ4n) is 3.43. The van der Waals surface area contributed by atoms with Gasteiger partial charge in [0.1, 0.15) is 6.04 Å². The van der Waals surface area contributed by atoms with Gasteiger partial charge in [0.2, 0.25) is 5.91 Å². The van der Waals surface area contributed by atoms with Crippen LogP contribution in [0.15, 0.2) is 34.1 Å². The number of carbonyl (C=O) groups is 2. The smallest absolute Gasteiger partial charge is 0.262 e. The molecule has 162 valence electrons. The normalized spacial score (nSPS) is 16.0. The molecule has 1 heterocycles. The summed E-state index contributed by atoms with van der Waals surface area (Å²) in [5, 5.41) is 5.68. The molecule has 0 bridgehead atoms. The maximum atomic E-state index is 12.6. The van der Waals surface area contributed by atoms with Gasteiger partial charge in [-0.05, 0) is 85.3 Å². The van der Waals surface area contributed by atoms with Gasteiger partial charge in [-0.1, -0.05) is 6.07 Å². The molecule has 0 saturated heterocycles. The van der Waals surface area contributed by atoms with Gasteiger partial charge >= 0.3 is 0 Å². The Morgan fingerprint density at radius 1 is 1.10 bits per heavy atom. The third-order valence-electron chi connectivity index (χ3n) is 5.18. The number of ether oxygens (including phenoxy) is 2. The van der Waals surface area contributed by atoms with E-state index in [1.165, 1.54) is 24.2 Å². The molecule has 3 rings (SSSR count). The van der Waals surface area contributed by atoms with E-state index in [-0.39, 0.29) is 24.0 Å². The van der Waals surface area contributed by atoms with Crippen LogP contribution in [0.2, 0.25) is 0 Å². The molecule has 8 heteroatoms. The first-order valence-corrected chi connectivity index (χ1v) is 11.7. The molecule has 2 amide bonds. The van der Waals surface area contributed by atoms with Crippen molar-refractivity contribution in [1.29, 1.82) is 0 Å². The Morgan fingerprint density at radius 2 is 1.83 bits per heavy atom. The summed E-state index contributed by atoms with van der Waals surface area (Å²) in [6.07, 6.45) is 4.79. The zero-order valence-electron chi connectivity index (χ0n) is 17.4. The van der Waals surface area contributed by atoms with Gasteiger partial charge in [0.05, 0.1) is 27.9 Å². The molecule has 6 nitrogen and oxygen atoms in total. The second-order valence-corrected chi connectivity index (χ2v) is 9.93. The number of thiophene rings is 1. The van der Waals surface area contributed by atoms with Crippen LogP contribution in [0, 0.1) is 0 Å². The van der Waals surface area contributed by atoms with Crippen LogP contribution >= 0.6 is 27.3 Å². The predicted octanol–water partition coefficient (Wildman–Crippen LogP) is 4.84. The number of amides is 2. The van der Waals surface area contributed by atoms with Crippen molar-refractivity contribution in [2.45, 2.75) is 57.7 Å². The van der Waals surface area contributed by atoms with Crippen LogP contribution in [0.25, 0.3) is 0 Å². The molecule has 1 aromatic heterocycles. The summed E-state index contributed by atoms with van der Waals surface area (Å²) in [5.41, 5.74) is 0.902. The second-order valence-electron chi connectivity index (χ2n) is 7.46. The summed E-state index contributed by atoms with van der Waals surface area (Å²) < 4.78 is 12.5. The molecule has 2 N–H and O–H groups in total. The first-order chi connectivity index (χ1) is 14.4. The summed E-state index contributed by atoms with van der Waals surface area (Å²) in [4.78, 5) is 25.4. The van der Waals surface area contributed by atoms with E-state index in [1.54, 1.807) is 26.2 Å². The molecule has 2 unspecified atom stereocenters. The summed E-state index contributed by atoms with van der Waals surface area (Å²) in [5.74, 6) is 0.868. The van der Waals surface area contributed by atoms with E-state index in [4.69, 9.17) is 9.47 Å². The van der Waals surface area contributed by atoms with Gasteiger partial charge in [-0.15, -0.1) is 11.3 Å². The number of nitrogens with one attached hydrogen (secondary N) is 2. The Morgan fingerprint density at radius 3 is 2.47 bits per heavy atom. The average molecular weight is 495 g/mol. The molecule has 0 radical (unpaired) electrons. The number of rotatable bonds is 8. The van der Waals surface area contributed by atoms with Crippen molar-refractivity contribution in [2.24, 2.45) is 0 Å². The molecule has 1 fully saturated rings. The van der Waals surface area contributed by atoms with E-state index in [0.29, 0.717) is 10.6 Å². The summed E-state index contributed by atoms with van der Waals surface area (Å²) >= 11 is 4.66. The number of benzene rings is 1. The van der Waals surface area contributed by atoms with Crippen LogP contribution in [-0.2, 0) is 4.79 Å². The zero-order chi connectivity index (χ0) is 21.7. The van der Waals surface area contributed by atoms with E-state index in [9.17, 15) is 9.59 Å². The molecule has 30 heavy (non-hydrogen) atoms. The lowest BCUT2D eigenvalue weighted by Crippen LogP contribution is -2.45. The number of halogens is 1. The Balaban J connectivity index is 1.59. The lowest BCUT2D eigenvalue weighted by atomic mass is 10.1. The monoisotopic (exact) mass is 494 g/mol. The fraction of sp³-hybridized carbons (Fsp3) is 0.455. The molecule has 1 aromatic carbocycles. The van der Waals surface area contributed by atoms with Crippen LogP contribution in [0.1, 0.15) is 60.8 Å². The van der Waals surface area contributed by atoms with Crippen molar-refractivity contribution in [3.05, 3.63) is 44.6 Å². The third kappa shape index (κ3) is 5.76. The Labute approximate surface area is 189 Å². The van der Waals surface area contributed by atoms with Crippen molar-refractivity contribution in [3.8, 4) is 11.5 Å². The summed E-state index contributed by atoms with van der Waals surface area (Å²) in [6.45, 7) is 3.57. The van der Waals surface area contributed by atoms with Gasteiger partial charge in [-0.3, -0.25) is 9.59 Å². The fourth-order valence-corrected chi connectivity index (χ4v) is 4.72. The third-order valence-corrected chi connectivity index (χ3v) is 6.80. The molecule has 0 spiro atoms. The van der Waals surface area contributed by atoms with Crippen molar-refractivity contribution < 1.29 is 19.1 Å². The minimum absolute atomic E-state index is 0.246. The lowest BCUT2D eigenvalue weighted by Gasteiger charge is -2.21. The zero-order valence-corrected chi connectivity index (χ0v) is 19.8. The van der Waals surface area contributed by atoms with Gasteiger partial charge in [0, 0.05) is 0 Å². The number of methoxy groups -OCH3 is 1. The minimum Gasteiger partial charge on any atom is -0.493 e. The number of hydrogen-bond acceptors (Lipinski definition) is 5. The Kier molecular flexibility index (Phi) is 7.77. The second kappa shape index (κ2) is 10.3. The van der Waals surface area contributed by atoms with Crippen molar-refractivity contribution in [1.82, 2.24) is 10.6 Å². The van der Waals surface area contributed by atoms with Crippen LogP contribution in [0.3, 0.4) is 0 Å². The van der Waals surface area contributed by atoms with Gasteiger partial charge in [-0.25, -0.2) is 0 Å². The standard InChI is InChI=1S/C22H27BrN2O4S/c1-13(24-21(26)14(2)25-22(27)19-10-11-20(23)30-19)15-8-9-17(18(12-15)28-3)29-16-6-4-5-7-16/h8-14,16H,4-7H2,1-3H3,(H,24,26)(H,25,27). The topological polar surface area (TPSA) is 76.7 Å². The highest BCUT2D eigenvalue weighted by atomic mass is 79.9. The quantitative estimate of drug-likeness (QED) is 0.550. The highest BCUT2D eigenvalue weighted by Gasteiger charge is 2.22. The maximum Gasteiger partial charge on any atom is 0.262 e. The Bertz CT molecular complexity index is 895. The SMILES string of the molecule is COc1cc(C(C)NC(=O)C(C)NC(=O)c2ccc(Br)s2)ccc1OC1CCCC1. The van der Waals surface area contributed by atoms with Gasteiger partial charge in [0.15, 0.2) is 11.5 Å². The molecule has 0 aliphatic heterocycles. The number of carbonyl (C=O) groups excluding carboxylic acids is 2. The van der Waals surface area contributed by atoms with Crippen molar-refractivity contribution >= 4 is 39.1 Å². The highest BCUT2D eigenvalue weighted by molar-refractivity contribution is 9.11. The molecule has 1 saturated carbocycles. The van der Waals surface area contributed by atoms with E-state index in [1.807, 2.05) is 25.1 Å². The van der Waals surface area contributed by atoms with E-state index < -0.39 is 6.04 Å². The van der Waals surface area contributed by atoms with Crippen LogP contribution < -0.4 is 20.1 Å². The van der Waals surface area contributed by atoms with E-state index >= 15 is 0 Å². The van der Waals surface area contributed by atoms with Gasteiger partial charge < -0.3 is 20.1 Å². The van der Waals surface area contributed by atoms with Crippen molar-refractivity contribution in [2.75, 3.05) is 7.11 Å². The van der Waals surface area contributed by atoms with Crippen LogP contribution in [-0.4, -0.2) is 31.1 Å². The highest BCUT2D eigenvalue weighted by Crippen LogP contribution is 2.33. The first kappa shape index (κ1) is 22.6. The van der Waals surface area contributed by atoms with Gasteiger partial charge in [0.25, 0.3) is 5.91 Å². The molecule has 2 aromatic rings. The number of hydrogen-bond donors (Lipinski definition) is 2. The molecule has 1 aliphatic carbocycles. The largest absolute Gasteiger partial charge is 0.493 e. The van der Waals surface area contributed by atoms with E-state index in [2.05, 4.69) is 26.6 Å². The Hall–Kier alpha value is -2.06. The molecular weight excluding hydrogens is 468 g/mol. The van der Waals surface area contributed by atoms with Crippen LogP contribution in [0.4, 0.5) is 0 Å². The molecular formula is C22H27BrN2O4S. The first-order valence-electron chi connectivity index (χ1n) is 10.1. The van der Waals surface area contributed by atoms with Crippen molar-refractivity contribution in [3.63, 3.8) is 0 Å². The maximum absolute atomic E-state index is 12.6. The summed E-state index contributed by atoms with van der Waals surface area (Å²) in [7, 11) is 1.62. The molecule has 1 aliphatic rings. The average Bonchev–Trinajstić information content (AvgIpc) is 3.39. The van der Waals surface area contributed by atoms with Crippen LogP contribution in [0.5, 0.6) is 11.5 Å². The predicted molar refractivity (Wildman–Crippen MR) is 121 cm³/mol. The van der Waals surface area contributed by atoms with Gasteiger partial charge in [-0.2, -0.15) is 0 Å². The minimum atomic E-state index is -0.660. The lowest BCUT2D eigenvalue weighted by molar-refractivity contribution is -0.123. The van der Waals surface area contributed by atoms with E-state index in [0.717, 1.165) is 27.9 Å². The summed E-state index contributed by atoms with van der Waals surface area (Å²) in [6, 6.07) is 8.34. The molecule has 2 atom stereocenters.